The molecule has 2 aromatic carbocycles. The van der Waals surface area contributed by atoms with Crippen LogP contribution >= 0.6 is 23.1 Å². The Balaban J connectivity index is 1.32. The fourth-order valence-corrected chi connectivity index (χ4v) is 4.94. The highest BCUT2D eigenvalue weighted by atomic mass is 32.2. The van der Waals surface area contributed by atoms with Gasteiger partial charge in [-0.2, -0.15) is 0 Å². The van der Waals surface area contributed by atoms with Crippen LogP contribution in [-0.2, 0) is 16.0 Å². The van der Waals surface area contributed by atoms with Gasteiger partial charge >= 0.3 is 0 Å². The first kappa shape index (κ1) is 23.6. The zero-order valence-corrected chi connectivity index (χ0v) is 19.9. The number of H-pyrrole nitrogens is 1. The van der Waals surface area contributed by atoms with E-state index in [0.29, 0.717) is 21.8 Å². The molecule has 0 saturated carbocycles. The normalized spacial score (nSPS) is 11.8. The number of carboxylic acids is 1. The summed E-state index contributed by atoms with van der Waals surface area (Å²) >= 11 is 2.47. The fraction of sp³-hybridized carbons (Fsp3) is 0.217. The Morgan fingerprint density at radius 1 is 1.18 bits per heavy atom. The molecular formula is C23H22N5O4S2-. The Hall–Kier alpha value is -3.57. The quantitative estimate of drug-likeness (QED) is 0.270. The summed E-state index contributed by atoms with van der Waals surface area (Å²) in [6.45, 7) is 2.45. The lowest BCUT2D eigenvalue weighted by atomic mass is 10.1. The number of hydrogen-bond acceptors (Lipinski definition) is 9. The number of aromatic amines is 1. The second-order valence-corrected chi connectivity index (χ2v) is 9.42. The molecule has 1 atom stereocenters. The number of ether oxygens (including phenoxy) is 1. The van der Waals surface area contributed by atoms with Gasteiger partial charge in [-0.15, -0.1) is 10.2 Å². The maximum absolute atomic E-state index is 12.4. The molecule has 0 unspecified atom stereocenters. The Bertz CT molecular complexity index is 1290. The number of nitrogens with one attached hydrogen (secondary N) is 3. The molecule has 2 heterocycles. The van der Waals surface area contributed by atoms with Crippen LogP contribution in [0.25, 0.3) is 10.9 Å². The number of thioether (sulfide) groups is 1. The Kier molecular flexibility index (Phi) is 7.65. The first-order chi connectivity index (χ1) is 16.5. The first-order valence-electron chi connectivity index (χ1n) is 10.5. The average molecular weight is 497 g/mol. The molecule has 0 aliphatic carbocycles. The SMILES string of the molecule is CCOc1ccccc1Nc1nnc(SCC(=O)N[C@H](Cc2c[nH]c3ccccc23)C(=O)[O-])s1. The second kappa shape index (κ2) is 11.0. The highest BCUT2D eigenvalue weighted by Crippen LogP contribution is 2.31. The van der Waals surface area contributed by atoms with Gasteiger partial charge in [-0.1, -0.05) is 53.4 Å². The van der Waals surface area contributed by atoms with Gasteiger partial charge in [0.25, 0.3) is 0 Å². The van der Waals surface area contributed by atoms with E-state index in [1.807, 2.05) is 55.5 Å². The standard InChI is InChI=1S/C23H23N5O4S2/c1-2-32-19-10-6-5-9-17(19)26-22-27-28-23(34-22)33-13-20(29)25-18(21(30)31)11-14-12-24-16-8-4-3-7-15(14)16/h3-10,12,18,24H,2,11,13H2,1H3,(H,25,29)(H,26,27)(H,30,31)/p-1/t18-/m1/s1. The van der Waals surface area contributed by atoms with E-state index in [1.54, 1.807) is 6.20 Å². The van der Waals surface area contributed by atoms with E-state index in [4.69, 9.17) is 4.74 Å². The number of aromatic nitrogens is 3. The number of nitrogens with zero attached hydrogens (tertiary/aromatic N) is 2. The van der Waals surface area contributed by atoms with Crippen LogP contribution < -0.4 is 20.5 Å². The molecule has 34 heavy (non-hydrogen) atoms. The predicted octanol–water partition coefficient (Wildman–Crippen LogP) is 2.73. The Labute approximate surface area is 203 Å². The summed E-state index contributed by atoms with van der Waals surface area (Å²) in [5.74, 6) is -1.05. The number of carboxylic acid groups (broad SMARTS) is 1. The van der Waals surface area contributed by atoms with Gasteiger partial charge in [0.1, 0.15) is 5.75 Å². The molecule has 0 spiro atoms. The molecule has 11 heteroatoms. The van der Waals surface area contributed by atoms with Crippen LogP contribution in [0.1, 0.15) is 12.5 Å². The van der Waals surface area contributed by atoms with Crippen molar-refractivity contribution < 1.29 is 19.4 Å². The van der Waals surface area contributed by atoms with Crippen molar-refractivity contribution >= 4 is 56.7 Å². The molecule has 4 rings (SSSR count). The topological polar surface area (TPSA) is 132 Å². The largest absolute Gasteiger partial charge is 0.548 e. The van der Waals surface area contributed by atoms with Crippen molar-refractivity contribution in [2.24, 2.45) is 0 Å². The molecule has 4 aromatic rings. The smallest absolute Gasteiger partial charge is 0.230 e. The van der Waals surface area contributed by atoms with Crippen LogP contribution in [0.2, 0.25) is 0 Å². The number of carbonyl (C=O) groups is 2. The minimum atomic E-state index is -1.33. The minimum Gasteiger partial charge on any atom is -0.548 e. The third-order valence-electron chi connectivity index (χ3n) is 4.88. The third-order valence-corrected chi connectivity index (χ3v) is 6.85. The summed E-state index contributed by atoms with van der Waals surface area (Å²) in [5.41, 5.74) is 2.47. The summed E-state index contributed by atoms with van der Waals surface area (Å²) in [5, 5.41) is 27.0. The van der Waals surface area contributed by atoms with Crippen molar-refractivity contribution in [2.45, 2.75) is 23.7 Å². The lowest BCUT2D eigenvalue weighted by Gasteiger charge is -2.19. The van der Waals surface area contributed by atoms with Gasteiger partial charge in [0.2, 0.25) is 11.0 Å². The summed E-state index contributed by atoms with van der Waals surface area (Å²) in [6, 6.07) is 13.9. The highest BCUT2D eigenvalue weighted by Gasteiger charge is 2.17. The lowest BCUT2D eigenvalue weighted by molar-refractivity contribution is -0.308. The van der Waals surface area contributed by atoms with Crippen LogP contribution in [0, 0.1) is 0 Å². The van der Waals surface area contributed by atoms with Crippen LogP contribution in [0.5, 0.6) is 5.75 Å². The summed E-state index contributed by atoms with van der Waals surface area (Å²) in [6.07, 6.45) is 1.87. The van der Waals surface area contributed by atoms with E-state index < -0.39 is 17.9 Å². The van der Waals surface area contributed by atoms with Crippen LogP contribution in [0.15, 0.2) is 59.1 Å². The van der Waals surface area contributed by atoms with Gasteiger partial charge in [0.05, 0.1) is 30.1 Å². The second-order valence-electron chi connectivity index (χ2n) is 7.22. The minimum absolute atomic E-state index is 0.00182. The molecule has 0 radical (unpaired) electrons. The number of amides is 1. The van der Waals surface area contributed by atoms with Crippen molar-refractivity contribution in [1.82, 2.24) is 20.5 Å². The molecule has 3 N–H and O–H groups in total. The van der Waals surface area contributed by atoms with Crippen LogP contribution in [0.3, 0.4) is 0 Å². The Morgan fingerprint density at radius 3 is 2.79 bits per heavy atom. The molecule has 176 valence electrons. The number of fused-ring (bicyclic) bond motifs is 1. The molecule has 2 aromatic heterocycles. The average Bonchev–Trinajstić information content (AvgIpc) is 3.45. The number of rotatable bonds is 11. The van der Waals surface area contributed by atoms with E-state index in [1.165, 1.54) is 23.1 Å². The number of anilines is 2. The van der Waals surface area contributed by atoms with E-state index in [2.05, 4.69) is 25.8 Å². The van der Waals surface area contributed by atoms with Crippen molar-refractivity contribution in [1.29, 1.82) is 0 Å². The van der Waals surface area contributed by atoms with E-state index in [-0.39, 0.29) is 12.2 Å². The van der Waals surface area contributed by atoms with Gasteiger partial charge in [0.15, 0.2) is 4.34 Å². The zero-order valence-electron chi connectivity index (χ0n) is 18.2. The molecule has 0 fully saturated rings. The van der Waals surface area contributed by atoms with Gasteiger partial charge in [-0.05, 0) is 30.7 Å². The Morgan fingerprint density at radius 2 is 1.97 bits per heavy atom. The highest BCUT2D eigenvalue weighted by molar-refractivity contribution is 8.01. The van der Waals surface area contributed by atoms with Crippen molar-refractivity contribution in [2.75, 3.05) is 17.7 Å². The number of para-hydroxylation sites is 3. The molecule has 0 bridgehead atoms. The van der Waals surface area contributed by atoms with Crippen LogP contribution in [-0.4, -0.2) is 45.5 Å². The van der Waals surface area contributed by atoms with Gasteiger partial charge < -0.3 is 30.3 Å². The maximum Gasteiger partial charge on any atom is 0.230 e. The first-order valence-corrected chi connectivity index (χ1v) is 12.3. The molecule has 0 aliphatic heterocycles. The number of aliphatic carboxylic acids is 1. The number of hydrogen-bond donors (Lipinski definition) is 3. The summed E-state index contributed by atoms with van der Waals surface area (Å²) in [4.78, 5) is 27.2. The lowest BCUT2D eigenvalue weighted by Crippen LogP contribution is -2.49. The van der Waals surface area contributed by atoms with Gasteiger partial charge in [-0.3, -0.25) is 4.79 Å². The number of carbonyl (C=O) groups excluding carboxylic acids is 2. The zero-order chi connectivity index (χ0) is 23.9. The molecular weight excluding hydrogens is 474 g/mol. The molecule has 0 saturated heterocycles. The van der Waals surface area contributed by atoms with Crippen molar-refractivity contribution in [3.05, 3.63) is 60.3 Å². The van der Waals surface area contributed by atoms with Crippen LogP contribution in [0.4, 0.5) is 10.8 Å². The van der Waals surface area contributed by atoms with E-state index in [9.17, 15) is 14.7 Å². The fourth-order valence-electron chi connectivity index (χ4n) is 3.36. The number of benzene rings is 2. The van der Waals surface area contributed by atoms with E-state index >= 15 is 0 Å². The summed E-state index contributed by atoms with van der Waals surface area (Å²) < 4.78 is 6.17. The van der Waals surface area contributed by atoms with Gasteiger partial charge in [-0.25, -0.2) is 0 Å². The molecule has 9 nitrogen and oxygen atoms in total. The van der Waals surface area contributed by atoms with Crippen molar-refractivity contribution in [3.63, 3.8) is 0 Å². The van der Waals surface area contributed by atoms with Gasteiger partial charge in [0, 0.05) is 23.5 Å². The van der Waals surface area contributed by atoms with Crippen molar-refractivity contribution in [3.8, 4) is 5.75 Å². The monoisotopic (exact) mass is 496 g/mol. The molecule has 1 amide bonds. The summed E-state index contributed by atoms with van der Waals surface area (Å²) in [7, 11) is 0. The third kappa shape index (κ3) is 5.86. The van der Waals surface area contributed by atoms with E-state index in [0.717, 1.165) is 22.2 Å². The maximum atomic E-state index is 12.4. The molecule has 0 aliphatic rings. The predicted molar refractivity (Wildman–Crippen MR) is 130 cm³/mol.